The van der Waals surface area contributed by atoms with Crippen LogP contribution in [0.1, 0.15) is 33.1 Å². The molecule has 0 spiro atoms. The summed E-state index contributed by atoms with van der Waals surface area (Å²) in [4.78, 5) is 15.6. The van der Waals surface area contributed by atoms with Gasteiger partial charge in [0.2, 0.25) is 0 Å². The third-order valence-corrected chi connectivity index (χ3v) is 5.86. The number of aliphatic imine (C=N–C) groups is 1. The Morgan fingerprint density at radius 1 is 1.50 bits per heavy atom. The second-order valence-corrected chi connectivity index (χ2v) is 7.60. The van der Waals surface area contributed by atoms with Crippen LogP contribution in [0, 0.1) is 16.7 Å². The van der Waals surface area contributed by atoms with Gasteiger partial charge < -0.3 is 4.55 Å². The molecule has 3 aliphatic rings. The minimum Gasteiger partial charge on any atom is -0.748 e. The van der Waals surface area contributed by atoms with Crippen molar-refractivity contribution in [1.29, 1.82) is 0 Å². The van der Waals surface area contributed by atoms with E-state index in [1.165, 1.54) is 0 Å². The van der Waals surface area contributed by atoms with Crippen LogP contribution in [0.15, 0.2) is 17.4 Å². The zero-order valence-electron chi connectivity index (χ0n) is 11.7. The fourth-order valence-electron chi connectivity index (χ4n) is 3.66. The standard InChI is InChI=1S/C10H16O4S.C3H4N2/c1-9(2)7-3-4-10(9,8(11)5-7)6-15(12,13)14;1-2-5-3-4-1/h7H,3-6H2,1-2H3,(H,12,13,14);1-3H,(H,4,5). The Balaban J connectivity index is 0.000000247. The maximum atomic E-state index is 11.8. The third-order valence-electron chi connectivity index (χ3n) is 5.02. The number of Topliss-reactive ketones (excluding diaryl/α,β-unsaturated/α-hetero) is 1. The first-order valence-corrected chi connectivity index (χ1v) is 8.25. The molecular weight excluding hydrogens is 280 g/mol. The van der Waals surface area contributed by atoms with Crippen LogP contribution >= 0.6 is 0 Å². The molecule has 6 nitrogen and oxygen atoms in total. The van der Waals surface area contributed by atoms with Gasteiger partial charge in [-0.25, -0.2) is 13.4 Å². The average Bonchev–Trinajstić information content (AvgIpc) is 2.97. The van der Waals surface area contributed by atoms with Gasteiger partial charge in [-0.1, -0.05) is 13.8 Å². The highest BCUT2D eigenvalue weighted by Gasteiger charge is 2.64. The molecular formula is C13H20N2O4S. The highest BCUT2D eigenvalue weighted by atomic mass is 32.2. The molecule has 2 saturated carbocycles. The summed E-state index contributed by atoms with van der Waals surface area (Å²) in [5, 5.41) is 1.89. The van der Waals surface area contributed by atoms with Crippen LogP contribution < -0.4 is 5.32 Å². The number of rotatable bonds is 2. The van der Waals surface area contributed by atoms with E-state index in [1.54, 1.807) is 12.5 Å². The Labute approximate surface area is 119 Å². The monoisotopic (exact) mass is 300 g/mol. The second-order valence-electron chi connectivity index (χ2n) is 6.20. The molecule has 0 saturated heterocycles. The van der Waals surface area contributed by atoms with E-state index in [1.807, 2.05) is 25.4 Å². The maximum Gasteiger partial charge on any atom is 0.191 e. The molecule has 3 rings (SSSR count). The van der Waals surface area contributed by atoms with Gasteiger partial charge in [0.25, 0.3) is 0 Å². The smallest absolute Gasteiger partial charge is 0.191 e. The Hall–Kier alpha value is -1.05. The fourth-order valence-corrected chi connectivity index (χ4v) is 4.94. The maximum absolute atomic E-state index is 11.8. The number of nitrogens with two attached hydrogens (primary N) is 1. The van der Waals surface area contributed by atoms with E-state index in [0.717, 1.165) is 6.42 Å². The van der Waals surface area contributed by atoms with Crippen LogP contribution in [0.5, 0.6) is 0 Å². The highest BCUT2D eigenvalue weighted by Crippen LogP contribution is 2.64. The lowest BCUT2D eigenvalue weighted by molar-refractivity contribution is -0.447. The Morgan fingerprint density at radius 3 is 2.50 bits per heavy atom. The SMILES string of the molecule is C1=C[NH2+]C=N1.CC1(C)C2CCC1(CS(=O)(=O)[O-])C(=O)C2. The zero-order chi connectivity index (χ0) is 15.0. The van der Waals surface area contributed by atoms with Gasteiger partial charge in [-0.2, -0.15) is 0 Å². The van der Waals surface area contributed by atoms with E-state index in [9.17, 15) is 17.8 Å². The number of carbonyl (C=O) groups is 1. The number of hydrogen-bond donors (Lipinski definition) is 1. The molecule has 0 aromatic rings. The van der Waals surface area contributed by atoms with Gasteiger partial charge in [-0.15, -0.1) is 0 Å². The highest BCUT2D eigenvalue weighted by molar-refractivity contribution is 7.85. The lowest BCUT2D eigenvalue weighted by Gasteiger charge is -2.37. The van der Waals surface area contributed by atoms with Gasteiger partial charge in [-0.05, 0) is 24.2 Å². The van der Waals surface area contributed by atoms with Gasteiger partial charge in [0, 0.05) is 11.8 Å². The molecule has 0 aromatic carbocycles. The molecule has 20 heavy (non-hydrogen) atoms. The van der Waals surface area contributed by atoms with Crippen molar-refractivity contribution < 1.29 is 23.1 Å². The van der Waals surface area contributed by atoms with Crippen molar-refractivity contribution in [2.24, 2.45) is 21.7 Å². The molecule has 2 atom stereocenters. The first-order chi connectivity index (χ1) is 9.19. The summed E-state index contributed by atoms with van der Waals surface area (Å²) >= 11 is 0. The minimum absolute atomic E-state index is 0.0248. The third kappa shape index (κ3) is 2.57. The van der Waals surface area contributed by atoms with Crippen molar-refractivity contribution in [3.05, 3.63) is 12.4 Å². The Morgan fingerprint density at radius 2 is 2.20 bits per heavy atom. The van der Waals surface area contributed by atoms with Crippen LogP contribution in [0.25, 0.3) is 0 Å². The summed E-state index contributed by atoms with van der Waals surface area (Å²) in [6, 6.07) is 0. The number of fused-ring (bicyclic) bond motifs is 2. The van der Waals surface area contributed by atoms with Crippen LogP contribution in [0.3, 0.4) is 0 Å². The topological polar surface area (TPSA) is 103 Å². The summed E-state index contributed by atoms with van der Waals surface area (Å²) in [7, 11) is -4.33. The van der Waals surface area contributed by atoms with Crippen molar-refractivity contribution >= 4 is 22.2 Å². The number of ketones is 1. The summed E-state index contributed by atoms with van der Waals surface area (Å²) in [6.07, 6.45) is 7.27. The van der Waals surface area contributed by atoms with Crippen molar-refractivity contribution in [1.82, 2.24) is 0 Å². The molecule has 0 amide bonds. The first-order valence-electron chi connectivity index (χ1n) is 6.68. The molecule has 2 unspecified atom stereocenters. The lowest BCUT2D eigenvalue weighted by atomic mass is 9.70. The van der Waals surface area contributed by atoms with Crippen LogP contribution in [0.4, 0.5) is 0 Å². The van der Waals surface area contributed by atoms with E-state index >= 15 is 0 Å². The van der Waals surface area contributed by atoms with Crippen LogP contribution in [0.2, 0.25) is 0 Å². The molecule has 2 fully saturated rings. The number of quaternary nitrogens is 1. The fraction of sp³-hybridized carbons (Fsp3) is 0.692. The van der Waals surface area contributed by atoms with E-state index in [2.05, 4.69) is 4.99 Å². The normalized spacial score (nSPS) is 33.4. The van der Waals surface area contributed by atoms with Gasteiger partial charge in [0.15, 0.2) is 6.34 Å². The van der Waals surface area contributed by atoms with Crippen LogP contribution in [-0.2, 0) is 14.9 Å². The Kier molecular flexibility index (Phi) is 3.88. The predicted octanol–water partition coefficient (Wildman–Crippen LogP) is -0.0101. The summed E-state index contributed by atoms with van der Waals surface area (Å²) in [5.41, 5.74) is -1.22. The van der Waals surface area contributed by atoms with Crippen molar-refractivity contribution in [3.63, 3.8) is 0 Å². The molecule has 7 heteroatoms. The average molecular weight is 300 g/mol. The minimum atomic E-state index is -4.33. The largest absolute Gasteiger partial charge is 0.748 e. The van der Waals surface area contributed by atoms with Gasteiger partial charge >= 0.3 is 0 Å². The quantitative estimate of drug-likeness (QED) is 0.724. The molecule has 2 aliphatic carbocycles. The first kappa shape index (κ1) is 15.3. The summed E-state index contributed by atoms with van der Waals surface area (Å²) in [5.74, 6) is -0.280. The number of carbonyl (C=O) groups excluding carboxylic acids is 1. The van der Waals surface area contributed by atoms with Gasteiger partial charge in [0.05, 0.1) is 22.1 Å². The summed E-state index contributed by atoms with van der Waals surface area (Å²) in [6.45, 7) is 3.83. The number of nitrogens with zero attached hydrogens (tertiary/aromatic N) is 1. The predicted molar refractivity (Wildman–Crippen MR) is 72.7 cm³/mol. The number of hydrogen-bond acceptors (Lipinski definition) is 5. The van der Waals surface area contributed by atoms with Crippen molar-refractivity contribution in [3.8, 4) is 0 Å². The lowest BCUT2D eigenvalue weighted by Crippen LogP contribution is -2.74. The molecule has 2 bridgehead atoms. The molecule has 0 aromatic heterocycles. The molecule has 112 valence electrons. The summed E-state index contributed by atoms with van der Waals surface area (Å²) < 4.78 is 32.7. The van der Waals surface area contributed by atoms with E-state index in [4.69, 9.17) is 0 Å². The van der Waals surface area contributed by atoms with E-state index in [0.29, 0.717) is 12.8 Å². The molecule has 0 radical (unpaired) electrons. The molecule has 2 N–H and O–H groups in total. The Bertz CT molecular complexity index is 555. The van der Waals surface area contributed by atoms with E-state index in [-0.39, 0.29) is 17.1 Å². The van der Waals surface area contributed by atoms with E-state index < -0.39 is 21.3 Å². The van der Waals surface area contributed by atoms with Crippen molar-refractivity contribution in [2.45, 2.75) is 33.1 Å². The zero-order valence-corrected chi connectivity index (χ0v) is 12.5. The molecule has 1 heterocycles. The van der Waals surface area contributed by atoms with Crippen LogP contribution in [-0.4, -0.2) is 30.8 Å². The van der Waals surface area contributed by atoms with Gasteiger partial charge in [0.1, 0.15) is 12.0 Å². The van der Waals surface area contributed by atoms with Gasteiger partial charge in [-0.3, -0.25) is 10.1 Å². The van der Waals surface area contributed by atoms with Crippen molar-refractivity contribution in [2.75, 3.05) is 5.75 Å². The molecule has 1 aliphatic heterocycles. The second kappa shape index (κ2) is 5.05.